The van der Waals surface area contributed by atoms with Crippen LogP contribution >= 0.6 is 0 Å². The molecule has 1 aromatic heterocycles. The number of hydrogen-bond acceptors (Lipinski definition) is 4. The first kappa shape index (κ1) is 14.6. The van der Waals surface area contributed by atoms with Crippen molar-refractivity contribution in [3.63, 3.8) is 0 Å². The van der Waals surface area contributed by atoms with E-state index in [4.69, 9.17) is 0 Å². The monoisotopic (exact) mass is 321 g/mol. The third-order valence-electron chi connectivity index (χ3n) is 4.40. The Morgan fingerprint density at radius 3 is 2.46 bits per heavy atom. The van der Waals surface area contributed by atoms with E-state index < -0.39 is 12.0 Å². The molecule has 2 aromatic carbocycles. The highest BCUT2D eigenvalue weighted by atomic mass is 16.4. The highest BCUT2D eigenvalue weighted by Crippen LogP contribution is 2.24. The van der Waals surface area contributed by atoms with Crippen molar-refractivity contribution in [2.75, 3.05) is 6.54 Å². The first-order valence-corrected chi connectivity index (χ1v) is 7.84. The predicted molar refractivity (Wildman–Crippen MR) is 88.7 cm³/mol. The van der Waals surface area contributed by atoms with Crippen molar-refractivity contribution < 1.29 is 14.7 Å². The highest BCUT2D eigenvalue weighted by Gasteiger charge is 2.35. The van der Waals surface area contributed by atoms with Gasteiger partial charge in [0.2, 0.25) is 0 Å². The number of benzene rings is 2. The van der Waals surface area contributed by atoms with Crippen LogP contribution in [0.3, 0.4) is 0 Å². The predicted octanol–water partition coefficient (Wildman–Crippen LogP) is 2.47. The summed E-state index contributed by atoms with van der Waals surface area (Å²) in [5.41, 5.74) is 3.02. The van der Waals surface area contributed by atoms with E-state index in [1.807, 2.05) is 30.3 Å². The number of rotatable bonds is 2. The standard InChI is InChI=1S/C18H15N3O3/c22-17(21-10-4-9-15(21)18(23)24)11-5-3-8-14-16(11)20-13-7-2-1-6-12(13)19-14/h1-3,5-8,15H,4,9-10H2,(H,23,24)/t15-/m0/s1. The van der Waals surface area contributed by atoms with E-state index in [0.717, 1.165) is 5.52 Å². The molecule has 120 valence electrons. The molecular weight excluding hydrogens is 306 g/mol. The maximum atomic E-state index is 12.9. The van der Waals surface area contributed by atoms with E-state index >= 15 is 0 Å². The second-order valence-electron chi connectivity index (χ2n) is 5.88. The lowest BCUT2D eigenvalue weighted by atomic mass is 10.1. The summed E-state index contributed by atoms with van der Waals surface area (Å²) in [7, 11) is 0. The van der Waals surface area contributed by atoms with Crippen LogP contribution in [0.5, 0.6) is 0 Å². The normalized spacial score (nSPS) is 17.5. The SMILES string of the molecule is O=C(O)[C@@H]1CCCN1C(=O)c1cccc2nc3ccccc3nc12. The minimum Gasteiger partial charge on any atom is -0.480 e. The highest BCUT2D eigenvalue weighted by molar-refractivity contribution is 6.07. The van der Waals surface area contributed by atoms with Gasteiger partial charge in [-0.1, -0.05) is 18.2 Å². The molecular formula is C18H15N3O3. The fourth-order valence-corrected chi connectivity index (χ4v) is 3.24. The van der Waals surface area contributed by atoms with Crippen molar-refractivity contribution in [3.8, 4) is 0 Å². The number of carboxylic acids is 1. The molecule has 1 N–H and O–H groups in total. The first-order chi connectivity index (χ1) is 11.6. The van der Waals surface area contributed by atoms with Crippen molar-refractivity contribution in [2.45, 2.75) is 18.9 Å². The van der Waals surface area contributed by atoms with E-state index in [0.29, 0.717) is 41.5 Å². The number of hydrogen-bond donors (Lipinski definition) is 1. The van der Waals surface area contributed by atoms with Crippen molar-refractivity contribution >= 4 is 33.9 Å². The molecule has 0 saturated carbocycles. The van der Waals surface area contributed by atoms with Crippen LogP contribution in [-0.2, 0) is 4.79 Å². The van der Waals surface area contributed by atoms with Crippen molar-refractivity contribution in [1.29, 1.82) is 0 Å². The summed E-state index contributed by atoms with van der Waals surface area (Å²) < 4.78 is 0. The molecule has 1 amide bonds. The van der Waals surface area contributed by atoms with Gasteiger partial charge in [0.25, 0.3) is 5.91 Å². The zero-order valence-corrected chi connectivity index (χ0v) is 12.8. The quantitative estimate of drug-likeness (QED) is 0.733. The number of carboxylic acid groups (broad SMARTS) is 1. The van der Waals surface area contributed by atoms with Gasteiger partial charge in [-0.25, -0.2) is 14.8 Å². The number of carbonyl (C=O) groups excluding carboxylic acids is 1. The number of likely N-dealkylation sites (tertiary alicyclic amines) is 1. The largest absolute Gasteiger partial charge is 0.480 e. The number of carbonyl (C=O) groups is 2. The maximum absolute atomic E-state index is 12.9. The zero-order valence-electron chi connectivity index (χ0n) is 12.8. The van der Waals surface area contributed by atoms with Crippen LogP contribution in [0.25, 0.3) is 22.1 Å². The third-order valence-corrected chi connectivity index (χ3v) is 4.40. The Kier molecular flexibility index (Phi) is 3.37. The Labute approximate surface area is 137 Å². The average Bonchev–Trinajstić information content (AvgIpc) is 3.09. The van der Waals surface area contributed by atoms with Gasteiger partial charge in [0, 0.05) is 6.54 Å². The summed E-state index contributed by atoms with van der Waals surface area (Å²) in [5, 5.41) is 9.31. The van der Waals surface area contributed by atoms with Crippen LogP contribution in [0.15, 0.2) is 42.5 Å². The third kappa shape index (κ3) is 2.27. The number of nitrogens with zero attached hydrogens (tertiary/aromatic N) is 3. The molecule has 1 aliphatic rings. The van der Waals surface area contributed by atoms with Gasteiger partial charge in [0.05, 0.1) is 22.1 Å². The number of para-hydroxylation sites is 3. The molecule has 6 nitrogen and oxygen atoms in total. The summed E-state index contributed by atoms with van der Waals surface area (Å²) in [4.78, 5) is 34.8. The Morgan fingerprint density at radius 2 is 1.71 bits per heavy atom. The average molecular weight is 321 g/mol. The van der Waals surface area contributed by atoms with Gasteiger partial charge in [-0.2, -0.15) is 0 Å². The summed E-state index contributed by atoms with van der Waals surface area (Å²) in [6.07, 6.45) is 1.18. The number of aliphatic carboxylic acids is 1. The zero-order chi connectivity index (χ0) is 16.7. The molecule has 0 spiro atoms. The minimum absolute atomic E-state index is 0.296. The molecule has 3 aromatic rings. The van der Waals surface area contributed by atoms with E-state index in [9.17, 15) is 14.7 Å². The summed E-state index contributed by atoms with van der Waals surface area (Å²) in [6, 6.07) is 12.0. The second kappa shape index (κ2) is 5.56. The lowest BCUT2D eigenvalue weighted by molar-refractivity contribution is -0.141. The van der Waals surface area contributed by atoms with Crippen molar-refractivity contribution in [1.82, 2.24) is 14.9 Å². The Bertz CT molecular complexity index is 970. The molecule has 0 radical (unpaired) electrons. The molecule has 4 rings (SSSR count). The van der Waals surface area contributed by atoms with Gasteiger partial charge < -0.3 is 10.0 Å². The smallest absolute Gasteiger partial charge is 0.326 e. The molecule has 2 heterocycles. The van der Waals surface area contributed by atoms with Crippen LogP contribution in [0.2, 0.25) is 0 Å². The van der Waals surface area contributed by atoms with Gasteiger partial charge >= 0.3 is 5.97 Å². The first-order valence-electron chi connectivity index (χ1n) is 7.84. The lowest BCUT2D eigenvalue weighted by Crippen LogP contribution is -2.40. The fourth-order valence-electron chi connectivity index (χ4n) is 3.24. The summed E-state index contributed by atoms with van der Waals surface area (Å²) >= 11 is 0. The van der Waals surface area contributed by atoms with E-state index in [1.165, 1.54) is 4.90 Å². The van der Waals surface area contributed by atoms with E-state index in [2.05, 4.69) is 9.97 Å². The molecule has 24 heavy (non-hydrogen) atoms. The molecule has 0 bridgehead atoms. The minimum atomic E-state index is -0.961. The molecule has 1 saturated heterocycles. The van der Waals surface area contributed by atoms with Crippen LogP contribution in [-0.4, -0.2) is 44.4 Å². The van der Waals surface area contributed by atoms with Crippen molar-refractivity contribution in [2.24, 2.45) is 0 Å². The topological polar surface area (TPSA) is 83.4 Å². The molecule has 0 aliphatic carbocycles. The van der Waals surface area contributed by atoms with Crippen LogP contribution in [0.1, 0.15) is 23.2 Å². The number of fused-ring (bicyclic) bond motifs is 2. The molecule has 0 unspecified atom stereocenters. The van der Waals surface area contributed by atoms with Gasteiger partial charge in [0.15, 0.2) is 0 Å². The molecule has 1 fully saturated rings. The van der Waals surface area contributed by atoms with Gasteiger partial charge in [-0.05, 0) is 37.1 Å². The van der Waals surface area contributed by atoms with Gasteiger partial charge in [-0.3, -0.25) is 4.79 Å². The lowest BCUT2D eigenvalue weighted by Gasteiger charge is -2.21. The van der Waals surface area contributed by atoms with Crippen LogP contribution in [0.4, 0.5) is 0 Å². The molecule has 1 atom stereocenters. The van der Waals surface area contributed by atoms with Gasteiger partial charge in [-0.15, -0.1) is 0 Å². The number of amides is 1. The second-order valence-corrected chi connectivity index (χ2v) is 5.88. The Morgan fingerprint density at radius 1 is 1.00 bits per heavy atom. The van der Waals surface area contributed by atoms with E-state index in [-0.39, 0.29) is 5.91 Å². The molecule has 1 aliphatic heterocycles. The summed E-state index contributed by atoms with van der Waals surface area (Å²) in [6.45, 7) is 0.452. The number of aromatic nitrogens is 2. The summed E-state index contributed by atoms with van der Waals surface area (Å²) in [5.74, 6) is -1.26. The maximum Gasteiger partial charge on any atom is 0.326 e. The van der Waals surface area contributed by atoms with E-state index in [1.54, 1.807) is 12.1 Å². The Hall–Kier alpha value is -3.02. The molecule has 6 heteroatoms. The van der Waals surface area contributed by atoms with Crippen LogP contribution in [0, 0.1) is 0 Å². The van der Waals surface area contributed by atoms with Crippen molar-refractivity contribution in [3.05, 3.63) is 48.0 Å². The fraction of sp³-hybridized carbons (Fsp3) is 0.222. The van der Waals surface area contributed by atoms with Gasteiger partial charge in [0.1, 0.15) is 11.6 Å². The van der Waals surface area contributed by atoms with Crippen LogP contribution < -0.4 is 0 Å². The Balaban J connectivity index is 1.85.